The molecule has 0 amide bonds. The average Bonchev–Trinajstić information content (AvgIpc) is 2.74. The topological polar surface area (TPSA) is 51.0 Å². The molecule has 0 saturated carbocycles. The third-order valence-corrected chi connectivity index (χ3v) is 2.82. The maximum atomic E-state index is 5.80. The summed E-state index contributed by atoms with van der Waals surface area (Å²) in [6, 6.07) is 3.69. The van der Waals surface area contributed by atoms with E-state index in [-0.39, 0.29) is 0 Å². The molecule has 0 saturated heterocycles. The molecule has 0 bridgehead atoms. The van der Waals surface area contributed by atoms with Crippen molar-refractivity contribution in [2.45, 2.75) is 6.54 Å². The molecule has 0 spiro atoms. The van der Waals surface area contributed by atoms with E-state index in [4.69, 9.17) is 16.1 Å². The van der Waals surface area contributed by atoms with Crippen molar-refractivity contribution in [3.8, 4) is 10.7 Å². The highest BCUT2D eigenvalue weighted by atomic mass is 35.5. The number of nitrogens with one attached hydrogen (secondary N) is 1. The van der Waals surface area contributed by atoms with Gasteiger partial charge in [-0.3, -0.25) is 0 Å². The molecule has 14 heavy (non-hydrogen) atoms. The van der Waals surface area contributed by atoms with Gasteiger partial charge >= 0.3 is 0 Å². The summed E-state index contributed by atoms with van der Waals surface area (Å²) >= 11 is 7.23. The summed E-state index contributed by atoms with van der Waals surface area (Å²) in [4.78, 5) is 5.11. The maximum Gasteiger partial charge on any atom is 0.240 e. The van der Waals surface area contributed by atoms with Crippen LogP contribution in [0.1, 0.15) is 5.89 Å². The highest BCUT2D eigenvalue weighted by Gasteiger charge is 2.09. The first-order chi connectivity index (χ1) is 6.79. The first-order valence-corrected chi connectivity index (χ1v) is 5.22. The molecular weight excluding hydrogens is 222 g/mol. The van der Waals surface area contributed by atoms with E-state index in [2.05, 4.69) is 15.5 Å². The summed E-state index contributed by atoms with van der Waals surface area (Å²) in [6.45, 7) is 0.576. The minimum atomic E-state index is 0.576. The van der Waals surface area contributed by atoms with Crippen molar-refractivity contribution in [2.75, 3.05) is 7.05 Å². The normalized spacial score (nSPS) is 10.7. The van der Waals surface area contributed by atoms with E-state index in [0.29, 0.717) is 18.3 Å². The predicted molar refractivity (Wildman–Crippen MR) is 55.4 cm³/mol. The van der Waals surface area contributed by atoms with E-state index in [9.17, 15) is 0 Å². The van der Waals surface area contributed by atoms with Crippen LogP contribution in [0, 0.1) is 0 Å². The van der Waals surface area contributed by atoms with Gasteiger partial charge in [-0.15, -0.1) is 11.3 Å². The second kappa shape index (κ2) is 4.08. The van der Waals surface area contributed by atoms with Gasteiger partial charge in [0.05, 0.1) is 15.8 Å². The van der Waals surface area contributed by atoms with Crippen LogP contribution < -0.4 is 5.32 Å². The fraction of sp³-hybridized carbons (Fsp3) is 0.250. The number of thiophene rings is 1. The van der Waals surface area contributed by atoms with Crippen LogP contribution in [0.3, 0.4) is 0 Å². The maximum absolute atomic E-state index is 5.80. The van der Waals surface area contributed by atoms with Gasteiger partial charge in [-0.05, 0) is 19.2 Å². The largest absolute Gasteiger partial charge is 0.338 e. The second-order valence-corrected chi connectivity index (χ2v) is 4.36. The molecule has 0 aliphatic carbocycles. The molecule has 0 radical (unpaired) electrons. The van der Waals surface area contributed by atoms with Crippen molar-refractivity contribution in [1.29, 1.82) is 0 Å². The Balaban J connectivity index is 2.24. The van der Waals surface area contributed by atoms with Gasteiger partial charge in [0.25, 0.3) is 0 Å². The highest BCUT2D eigenvalue weighted by Crippen LogP contribution is 2.28. The lowest BCUT2D eigenvalue weighted by molar-refractivity contribution is 0.372. The van der Waals surface area contributed by atoms with Crippen LogP contribution in [0.2, 0.25) is 4.34 Å². The summed E-state index contributed by atoms with van der Waals surface area (Å²) in [5.41, 5.74) is 0. The predicted octanol–water partition coefficient (Wildman–Crippen LogP) is 2.17. The second-order valence-electron chi connectivity index (χ2n) is 2.65. The van der Waals surface area contributed by atoms with E-state index in [1.54, 1.807) is 0 Å². The van der Waals surface area contributed by atoms with E-state index in [0.717, 1.165) is 9.21 Å². The first kappa shape index (κ1) is 9.64. The molecular formula is C8H8ClN3OS. The molecule has 1 N–H and O–H groups in total. The summed E-state index contributed by atoms with van der Waals surface area (Å²) < 4.78 is 5.73. The molecule has 0 aliphatic heterocycles. The quantitative estimate of drug-likeness (QED) is 0.877. The Hall–Kier alpha value is -0.910. The molecule has 4 nitrogen and oxygen atoms in total. The molecule has 2 rings (SSSR count). The summed E-state index contributed by atoms with van der Waals surface area (Å²) in [6.07, 6.45) is 0. The molecule has 2 heterocycles. The van der Waals surface area contributed by atoms with Crippen LogP contribution in [-0.2, 0) is 6.54 Å². The van der Waals surface area contributed by atoms with Gasteiger partial charge in [-0.1, -0.05) is 16.8 Å². The number of hydrogen-bond donors (Lipinski definition) is 1. The Bertz CT molecular complexity index is 426. The smallest absolute Gasteiger partial charge is 0.240 e. The van der Waals surface area contributed by atoms with Crippen LogP contribution >= 0.6 is 22.9 Å². The van der Waals surface area contributed by atoms with Crippen molar-refractivity contribution in [3.63, 3.8) is 0 Å². The lowest BCUT2D eigenvalue weighted by Gasteiger charge is -1.86. The number of nitrogens with zero attached hydrogens (tertiary/aromatic N) is 2. The summed E-state index contributed by atoms with van der Waals surface area (Å²) in [5.74, 6) is 1.17. The molecule has 0 aliphatic rings. The van der Waals surface area contributed by atoms with Crippen LogP contribution in [-0.4, -0.2) is 17.2 Å². The zero-order chi connectivity index (χ0) is 9.97. The zero-order valence-corrected chi connectivity index (χ0v) is 9.02. The standard InChI is InChI=1S/C8H8ClN3OS/c1-10-4-7-11-8(12-13-7)5-2-3-6(9)14-5/h2-3,10H,4H2,1H3. The van der Waals surface area contributed by atoms with Crippen molar-refractivity contribution in [1.82, 2.24) is 15.5 Å². The minimum absolute atomic E-state index is 0.576. The van der Waals surface area contributed by atoms with E-state index < -0.39 is 0 Å². The molecule has 0 fully saturated rings. The third-order valence-electron chi connectivity index (χ3n) is 1.59. The van der Waals surface area contributed by atoms with Gasteiger partial charge in [0, 0.05) is 0 Å². The van der Waals surface area contributed by atoms with Gasteiger partial charge < -0.3 is 9.84 Å². The Morgan fingerprint density at radius 3 is 3.07 bits per heavy atom. The fourth-order valence-electron chi connectivity index (χ4n) is 1.01. The van der Waals surface area contributed by atoms with Gasteiger partial charge in [-0.25, -0.2) is 0 Å². The SMILES string of the molecule is CNCc1nc(-c2ccc(Cl)s2)no1. The Kier molecular flexibility index (Phi) is 2.81. The number of hydrogen-bond acceptors (Lipinski definition) is 5. The van der Waals surface area contributed by atoms with Crippen LogP contribution in [0.25, 0.3) is 10.7 Å². The van der Waals surface area contributed by atoms with Crippen molar-refractivity contribution >= 4 is 22.9 Å². The van der Waals surface area contributed by atoms with Crippen LogP contribution in [0.15, 0.2) is 16.7 Å². The molecule has 0 atom stereocenters. The zero-order valence-electron chi connectivity index (χ0n) is 7.45. The Morgan fingerprint density at radius 2 is 2.43 bits per heavy atom. The van der Waals surface area contributed by atoms with Gasteiger partial charge in [0.15, 0.2) is 0 Å². The Labute approximate surface area is 89.9 Å². The molecule has 2 aromatic rings. The van der Waals surface area contributed by atoms with E-state index >= 15 is 0 Å². The minimum Gasteiger partial charge on any atom is -0.338 e. The van der Waals surface area contributed by atoms with Gasteiger partial charge in [0.2, 0.25) is 11.7 Å². The molecule has 6 heteroatoms. The number of halogens is 1. The molecule has 2 aromatic heterocycles. The molecule has 74 valence electrons. The first-order valence-electron chi connectivity index (χ1n) is 4.02. The van der Waals surface area contributed by atoms with Crippen LogP contribution in [0.5, 0.6) is 0 Å². The summed E-state index contributed by atoms with van der Waals surface area (Å²) in [5, 5.41) is 6.78. The summed E-state index contributed by atoms with van der Waals surface area (Å²) in [7, 11) is 1.83. The lowest BCUT2D eigenvalue weighted by atomic mass is 10.4. The van der Waals surface area contributed by atoms with Crippen molar-refractivity contribution in [2.24, 2.45) is 0 Å². The monoisotopic (exact) mass is 229 g/mol. The van der Waals surface area contributed by atoms with E-state index in [1.807, 2.05) is 19.2 Å². The van der Waals surface area contributed by atoms with E-state index in [1.165, 1.54) is 11.3 Å². The number of rotatable bonds is 3. The fourth-order valence-corrected chi connectivity index (χ4v) is 1.98. The highest BCUT2D eigenvalue weighted by molar-refractivity contribution is 7.19. The van der Waals surface area contributed by atoms with Crippen LogP contribution in [0.4, 0.5) is 0 Å². The Morgan fingerprint density at radius 1 is 1.57 bits per heavy atom. The average molecular weight is 230 g/mol. The molecule has 0 unspecified atom stereocenters. The van der Waals surface area contributed by atoms with Gasteiger partial charge in [-0.2, -0.15) is 4.98 Å². The molecule has 0 aromatic carbocycles. The lowest BCUT2D eigenvalue weighted by Crippen LogP contribution is -2.04. The number of aromatic nitrogens is 2. The van der Waals surface area contributed by atoms with Crippen molar-refractivity contribution < 1.29 is 4.52 Å². The van der Waals surface area contributed by atoms with Gasteiger partial charge in [0.1, 0.15) is 0 Å². The third kappa shape index (κ3) is 1.95. The van der Waals surface area contributed by atoms with Crippen molar-refractivity contribution in [3.05, 3.63) is 22.4 Å².